The molecule has 136 valence electrons. The van der Waals surface area contributed by atoms with E-state index in [0.29, 0.717) is 5.92 Å². The Morgan fingerprint density at radius 2 is 1.72 bits per heavy atom. The van der Waals surface area contributed by atoms with Crippen molar-refractivity contribution in [2.45, 2.75) is 59.3 Å². The van der Waals surface area contributed by atoms with E-state index in [4.69, 9.17) is 0 Å². The van der Waals surface area contributed by atoms with Crippen molar-refractivity contribution in [2.75, 3.05) is 13.1 Å². The maximum absolute atomic E-state index is 12.6. The van der Waals surface area contributed by atoms with Gasteiger partial charge >= 0.3 is 0 Å². The second-order valence-electron chi connectivity index (χ2n) is 6.62. The van der Waals surface area contributed by atoms with E-state index in [1.807, 2.05) is 18.7 Å². The maximum atomic E-state index is 12.6. The van der Waals surface area contributed by atoms with Gasteiger partial charge in [0, 0.05) is 13.1 Å². The molecule has 1 aromatic carbocycles. The zero-order valence-corrected chi connectivity index (χ0v) is 16.7. The lowest BCUT2D eigenvalue weighted by molar-refractivity contribution is 0.0717. The molecule has 0 N–H and O–H groups in total. The van der Waals surface area contributed by atoms with Gasteiger partial charge in [0.25, 0.3) is 5.91 Å². The van der Waals surface area contributed by atoms with Gasteiger partial charge in [0.15, 0.2) is 0 Å². The van der Waals surface area contributed by atoms with Crippen molar-refractivity contribution in [1.29, 1.82) is 0 Å². The summed E-state index contributed by atoms with van der Waals surface area (Å²) < 4.78 is 0. The minimum Gasteiger partial charge on any atom is -0.338 e. The summed E-state index contributed by atoms with van der Waals surface area (Å²) in [6.45, 7) is 9.92. The van der Waals surface area contributed by atoms with Crippen molar-refractivity contribution < 1.29 is 4.79 Å². The molecule has 2 aromatic rings. The molecule has 0 radical (unpaired) electrons. The van der Waals surface area contributed by atoms with E-state index in [0.717, 1.165) is 41.5 Å². The van der Waals surface area contributed by atoms with Crippen molar-refractivity contribution in [3.8, 4) is 0 Å². The molecule has 0 saturated carbocycles. The van der Waals surface area contributed by atoms with Crippen LogP contribution in [0.3, 0.4) is 0 Å². The molecule has 1 aromatic heterocycles. The number of aromatic nitrogens is 1. The molecule has 0 unspecified atom stereocenters. The highest BCUT2D eigenvalue weighted by Gasteiger charge is 2.26. The summed E-state index contributed by atoms with van der Waals surface area (Å²) in [5.41, 5.74) is 2.27. The average Bonchev–Trinajstić information content (AvgIpc) is 3.00. The van der Waals surface area contributed by atoms with E-state index in [2.05, 4.69) is 49.2 Å². The van der Waals surface area contributed by atoms with Gasteiger partial charge in [0.1, 0.15) is 4.88 Å². The lowest BCUT2D eigenvalue weighted by Crippen LogP contribution is -2.37. The minimum atomic E-state index is 0.157. The number of hydrogen-bond acceptors (Lipinski definition) is 3. The van der Waals surface area contributed by atoms with Gasteiger partial charge in [-0.05, 0) is 38.2 Å². The second kappa shape index (κ2) is 9.71. The number of piperidine rings is 1. The van der Waals surface area contributed by atoms with Gasteiger partial charge < -0.3 is 4.90 Å². The average molecular weight is 359 g/mol. The van der Waals surface area contributed by atoms with Crippen LogP contribution in [0.25, 0.3) is 0 Å². The van der Waals surface area contributed by atoms with E-state index in [-0.39, 0.29) is 5.91 Å². The number of thiazole rings is 1. The van der Waals surface area contributed by atoms with Crippen molar-refractivity contribution in [1.82, 2.24) is 9.88 Å². The summed E-state index contributed by atoms with van der Waals surface area (Å²) in [5.74, 6) is 0.740. The van der Waals surface area contributed by atoms with E-state index < -0.39 is 0 Å². The van der Waals surface area contributed by atoms with E-state index >= 15 is 0 Å². The molecule has 1 saturated heterocycles. The fourth-order valence-corrected chi connectivity index (χ4v) is 3.90. The Morgan fingerprint density at radius 1 is 1.12 bits per heavy atom. The van der Waals surface area contributed by atoms with Crippen LogP contribution in [0.2, 0.25) is 0 Å². The first-order chi connectivity index (χ1) is 12.1. The number of aryl methyl sites for hydroxylation is 2. The Kier molecular flexibility index (Phi) is 7.63. The van der Waals surface area contributed by atoms with Gasteiger partial charge in [0.05, 0.1) is 10.7 Å². The maximum Gasteiger partial charge on any atom is 0.265 e. The zero-order chi connectivity index (χ0) is 18.2. The van der Waals surface area contributed by atoms with Gasteiger partial charge in [-0.2, -0.15) is 0 Å². The molecule has 1 aliphatic rings. The number of amides is 1. The molecular formula is C21H30N2OS. The zero-order valence-electron chi connectivity index (χ0n) is 15.9. The van der Waals surface area contributed by atoms with Crippen molar-refractivity contribution in [2.24, 2.45) is 0 Å². The van der Waals surface area contributed by atoms with Gasteiger partial charge in [-0.25, -0.2) is 4.98 Å². The molecule has 4 heteroatoms. The quantitative estimate of drug-likeness (QED) is 0.717. The fraction of sp³-hybridized carbons (Fsp3) is 0.524. The van der Waals surface area contributed by atoms with Crippen LogP contribution in [-0.2, 0) is 0 Å². The van der Waals surface area contributed by atoms with Crippen LogP contribution in [0.5, 0.6) is 0 Å². The summed E-state index contributed by atoms with van der Waals surface area (Å²) in [5, 5.41) is 0.968. The molecule has 0 aliphatic carbocycles. The summed E-state index contributed by atoms with van der Waals surface area (Å²) in [7, 11) is 0. The topological polar surface area (TPSA) is 33.2 Å². The van der Waals surface area contributed by atoms with Crippen molar-refractivity contribution >= 4 is 17.2 Å². The first-order valence-corrected chi connectivity index (χ1v) is 10.2. The number of carbonyl (C=O) groups is 1. The fourth-order valence-electron chi connectivity index (χ4n) is 3.01. The Labute approximate surface area is 156 Å². The van der Waals surface area contributed by atoms with Crippen LogP contribution in [0.4, 0.5) is 0 Å². The molecule has 0 bridgehead atoms. The summed E-state index contributed by atoms with van der Waals surface area (Å²) in [4.78, 5) is 19.7. The minimum absolute atomic E-state index is 0.157. The normalized spacial score (nSPS) is 14.8. The Hall–Kier alpha value is -1.68. The standard InChI is InChI=1S/C17H20N2OS.C4H10/c1-12-16(21-13(2)18-12)17(20)19-10-8-15(9-11-19)14-6-4-3-5-7-14;1-3-4-2/h3-7,15H,8-11H2,1-2H3;3-4H2,1-2H3. The van der Waals surface area contributed by atoms with Crippen LogP contribution in [0, 0.1) is 13.8 Å². The number of likely N-dealkylation sites (tertiary alicyclic amines) is 1. The summed E-state index contributed by atoms with van der Waals surface area (Å²) >= 11 is 1.51. The van der Waals surface area contributed by atoms with Crippen LogP contribution < -0.4 is 0 Å². The largest absolute Gasteiger partial charge is 0.338 e. The molecule has 0 atom stereocenters. The molecule has 1 amide bonds. The monoisotopic (exact) mass is 358 g/mol. The van der Waals surface area contributed by atoms with Gasteiger partial charge in [-0.3, -0.25) is 4.79 Å². The van der Waals surface area contributed by atoms with Crippen LogP contribution in [-0.4, -0.2) is 28.9 Å². The highest BCUT2D eigenvalue weighted by molar-refractivity contribution is 7.13. The third-order valence-electron chi connectivity index (χ3n) is 4.65. The first kappa shape index (κ1) is 19.6. The molecule has 1 aliphatic heterocycles. The van der Waals surface area contributed by atoms with Gasteiger partial charge in [-0.15, -0.1) is 11.3 Å². The highest BCUT2D eigenvalue weighted by Crippen LogP contribution is 2.29. The molecule has 3 rings (SSSR count). The molecule has 3 nitrogen and oxygen atoms in total. The predicted octanol–water partition coefficient (Wildman–Crippen LogP) is 5.59. The molecule has 1 fully saturated rings. The summed E-state index contributed by atoms with van der Waals surface area (Å²) in [6.07, 6.45) is 4.74. The number of rotatable bonds is 3. The lowest BCUT2D eigenvalue weighted by Gasteiger charge is -2.32. The Morgan fingerprint density at radius 3 is 2.20 bits per heavy atom. The predicted molar refractivity (Wildman–Crippen MR) is 106 cm³/mol. The van der Waals surface area contributed by atoms with Crippen molar-refractivity contribution in [3.05, 3.63) is 51.5 Å². The Bertz CT molecular complexity index is 656. The smallest absolute Gasteiger partial charge is 0.265 e. The van der Waals surface area contributed by atoms with Gasteiger partial charge in [0.2, 0.25) is 0 Å². The van der Waals surface area contributed by atoms with E-state index in [1.165, 1.54) is 29.7 Å². The number of benzene rings is 1. The highest BCUT2D eigenvalue weighted by atomic mass is 32.1. The lowest BCUT2D eigenvalue weighted by atomic mass is 9.89. The molecule has 0 spiro atoms. The second-order valence-corrected chi connectivity index (χ2v) is 7.83. The molecular weight excluding hydrogens is 328 g/mol. The SMILES string of the molecule is CCCC.Cc1nc(C)c(C(=O)N2CCC(c3ccccc3)CC2)s1. The third kappa shape index (κ3) is 5.40. The third-order valence-corrected chi connectivity index (χ3v) is 5.71. The number of unbranched alkanes of at least 4 members (excludes halogenated alkanes) is 1. The Balaban J connectivity index is 0.000000511. The number of hydrogen-bond donors (Lipinski definition) is 0. The number of nitrogens with zero attached hydrogens (tertiary/aromatic N) is 2. The van der Waals surface area contributed by atoms with Crippen LogP contribution in [0.1, 0.15) is 71.4 Å². The molecule has 25 heavy (non-hydrogen) atoms. The molecule has 2 heterocycles. The van der Waals surface area contributed by atoms with Gasteiger partial charge in [-0.1, -0.05) is 57.0 Å². The number of carbonyl (C=O) groups excluding carboxylic acids is 1. The van der Waals surface area contributed by atoms with Crippen molar-refractivity contribution in [3.63, 3.8) is 0 Å². The van der Waals surface area contributed by atoms with E-state index in [1.54, 1.807) is 0 Å². The van der Waals surface area contributed by atoms with Crippen LogP contribution in [0.15, 0.2) is 30.3 Å². The van der Waals surface area contributed by atoms with Crippen LogP contribution >= 0.6 is 11.3 Å². The first-order valence-electron chi connectivity index (χ1n) is 9.35. The van der Waals surface area contributed by atoms with E-state index in [9.17, 15) is 4.79 Å². The summed E-state index contributed by atoms with van der Waals surface area (Å²) in [6, 6.07) is 10.6.